The van der Waals surface area contributed by atoms with Gasteiger partial charge in [0.25, 0.3) is 5.91 Å². The summed E-state index contributed by atoms with van der Waals surface area (Å²) in [6.07, 6.45) is 0.433. The zero-order valence-corrected chi connectivity index (χ0v) is 24.6. The van der Waals surface area contributed by atoms with Crippen LogP contribution in [0.2, 0.25) is 0 Å². The van der Waals surface area contributed by atoms with Crippen molar-refractivity contribution in [1.82, 2.24) is 15.5 Å². The largest absolute Gasteiger partial charge is 0.490 e. The Balaban J connectivity index is 2.40. The lowest BCUT2D eigenvalue weighted by Crippen LogP contribution is -2.48. The summed E-state index contributed by atoms with van der Waals surface area (Å²) in [6, 6.07) is 3.86. The molecule has 0 aliphatic carbocycles. The number of aryl methyl sites for hydroxylation is 1. The summed E-state index contributed by atoms with van der Waals surface area (Å²) in [5, 5.41) is 5.02. The summed E-state index contributed by atoms with van der Waals surface area (Å²) >= 11 is 0. The van der Waals surface area contributed by atoms with Crippen molar-refractivity contribution in [3.05, 3.63) is 29.3 Å². The molecule has 13 heteroatoms. The zero-order chi connectivity index (χ0) is 30.7. The second-order valence-corrected chi connectivity index (χ2v) is 9.75. The van der Waals surface area contributed by atoms with Gasteiger partial charge in [0.1, 0.15) is 30.3 Å². The number of hydrogen-bond donors (Lipinski definition) is 2. The van der Waals surface area contributed by atoms with Crippen molar-refractivity contribution >= 4 is 30.6 Å². The third-order valence-corrected chi connectivity index (χ3v) is 5.38. The minimum Gasteiger partial charge on any atom is -0.490 e. The highest BCUT2D eigenvalue weighted by Crippen LogP contribution is 2.25. The molecule has 41 heavy (non-hydrogen) atoms. The fourth-order valence-corrected chi connectivity index (χ4v) is 3.51. The second-order valence-electron chi connectivity index (χ2n) is 9.75. The lowest BCUT2D eigenvalue weighted by Gasteiger charge is -2.26. The van der Waals surface area contributed by atoms with Gasteiger partial charge in [-0.1, -0.05) is 12.1 Å². The number of nitrogens with one attached hydrogen (secondary N) is 2. The molecule has 1 aromatic carbocycles. The molecule has 0 heterocycles. The minimum atomic E-state index is -1.13. The van der Waals surface area contributed by atoms with E-state index in [4.69, 9.17) is 23.7 Å². The van der Waals surface area contributed by atoms with Gasteiger partial charge >= 0.3 is 6.09 Å². The van der Waals surface area contributed by atoms with E-state index in [-0.39, 0.29) is 37.4 Å². The smallest absolute Gasteiger partial charge is 0.407 e. The second kappa shape index (κ2) is 19.5. The Morgan fingerprint density at radius 1 is 0.951 bits per heavy atom. The van der Waals surface area contributed by atoms with Crippen molar-refractivity contribution < 1.29 is 47.7 Å². The van der Waals surface area contributed by atoms with Crippen LogP contribution in [0, 0.1) is 6.92 Å². The van der Waals surface area contributed by atoms with Crippen LogP contribution in [0.15, 0.2) is 18.2 Å². The molecule has 0 saturated heterocycles. The number of benzene rings is 1. The molecular formula is C28H43N3O10. The number of amides is 4. The van der Waals surface area contributed by atoms with Crippen LogP contribution in [0.4, 0.5) is 4.79 Å². The number of likely N-dealkylation sites (N-methyl/N-ethyl adjacent to an activating group) is 1. The predicted molar refractivity (Wildman–Crippen MR) is 149 cm³/mol. The van der Waals surface area contributed by atoms with Crippen LogP contribution >= 0.6 is 0 Å². The molecule has 2 N–H and O–H groups in total. The predicted octanol–water partition coefficient (Wildman–Crippen LogP) is 1.64. The van der Waals surface area contributed by atoms with Crippen LogP contribution in [-0.4, -0.2) is 107 Å². The molecule has 1 aromatic rings. The highest BCUT2D eigenvalue weighted by molar-refractivity contribution is 6.05. The Bertz CT molecular complexity index is 980. The van der Waals surface area contributed by atoms with Gasteiger partial charge in [-0.15, -0.1) is 0 Å². The molecule has 1 atom stereocenters. The molecular weight excluding hydrogens is 538 g/mol. The molecule has 0 spiro atoms. The van der Waals surface area contributed by atoms with Crippen molar-refractivity contribution in [1.29, 1.82) is 0 Å². The first-order valence-electron chi connectivity index (χ1n) is 13.4. The Labute approximate surface area is 241 Å². The molecule has 0 aromatic heterocycles. The van der Waals surface area contributed by atoms with Gasteiger partial charge in [-0.25, -0.2) is 4.79 Å². The number of aldehydes is 1. The Kier molecular flexibility index (Phi) is 16.9. The molecule has 230 valence electrons. The van der Waals surface area contributed by atoms with Gasteiger partial charge < -0.3 is 39.1 Å². The number of ether oxygens (including phenoxy) is 5. The average molecular weight is 582 g/mol. The summed E-state index contributed by atoms with van der Waals surface area (Å²) in [5.41, 5.74) is 0.151. The summed E-state index contributed by atoms with van der Waals surface area (Å²) in [4.78, 5) is 60.6. The SMILES string of the molecule is CNC(=O)C(CCC=O)N(C=O)C(=O)c1c(C)cccc1OCCOCCOCCOCCNC(=O)OC(C)(C)C. The third-order valence-electron chi connectivity index (χ3n) is 5.38. The lowest BCUT2D eigenvalue weighted by atomic mass is 10.0. The van der Waals surface area contributed by atoms with E-state index in [1.54, 1.807) is 45.9 Å². The molecule has 0 bridgehead atoms. The minimum absolute atomic E-state index is 0.00304. The number of rotatable bonds is 20. The topological polar surface area (TPSA) is 159 Å². The van der Waals surface area contributed by atoms with E-state index in [0.29, 0.717) is 57.8 Å². The van der Waals surface area contributed by atoms with E-state index in [1.807, 2.05) is 0 Å². The van der Waals surface area contributed by atoms with E-state index < -0.39 is 29.6 Å². The highest BCUT2D eigenvalue weighted by atomic mass is 16.6. The fourth-order valence-electron chi connectivity index (χ4n) is 3.51. The van der Waals surface area contributed by atoms with Gasteiger partial charge in [0.15, 0.2) is 0 Å². The first kappa shape index (κ1) is 35.5. The zero-order valence-electron chi connectivity index (χ0n) is 24.6. The van der Waals surface area contributed by atoms with Crippen molar-refractivity contribution in [3.63, 3.8) is 0 Å². The highest BCUT2D eigenvalue weighted by Gasteiger charge is 2.31. The van der Waals surface area contributed by atoms with Gasteiger partial charge in [-0.2, -0.15) is 0 Å². The van der Waals surface area contributed by atoms with E-state index >= 15 is 0 Å². The van der Waals surface area contributed by atoms with Crippen LogP contribution < -0.4 is 15.4 Å². The molecule has 0 radical (unpaired) electrons. The first-order valence-corrected chi connectivity index (χ1v) is 13.4. The van der Waals surface area contributed by atoms with E-state index in [0.717, 1.165) is 4.90 Å². The molecule has 4 amide bonds. The quantitative estimate of drug-likeness (QED) is 0.171. The number of hydrogen-bond acceptors (Lipinski definition) is 10. The average Bonchev–Trinajstić information content (AvgIpc) is 2.91. The number of alkyl carbamates (subject to hydrolysis) is 1. The number of carbonyl (C=O) groups is 5. The van der Waals surface area contributed by atoms with Crippen LogP contribution in [0.5, 0.6) is 5.75 Å². The third kappa shape index (κ3) is 14.1. The molecule has 0 saturated carbocycles. The normalized spacial score (nSPS) is 11.7. The standard InChI is InChI=1S/C28H43N3O10/c1-21-8-6-10-23(24(21)26(35)31(20-33)22(9-7-12-32)25(34)29-5)40-19-18-39-17-16-38-15-14-37-13-11-30-27(36)41-28(2,3)4/h6,8,10,12,20,22H,7,9,11,13-19H2,1-5H3,(H,29,34)(H,30,36). The maximum Gasteiger partial charge on any atom is 0.407 e. The van der Waals surface area contributed by atoms with Crippen LogP contribution in [0.3, 0.4) is 0 Å². The summed E-state index contributed by atoms with van der Waals surface area (Å²) in [5.74, 6) is -1.02. The van der Waals surface area contributed by atoms with E-state index in [9.17, 15) is 24.0 Å². The fraction of sp³-hybridized carbons (Fsp3) is 0.607. The first-order chi connectivity index (χ1) is 19.6. The lowest BCUT2D eigenvalue weighted by molar-refractivity contribution is -0.131. The molecule has 13 nitrogen and oxygen atoms in total. The van der Waals surface area contributed by atoms with E-state index in [2.05, 4.69) is 10.6 Å². The number of nitrogens with zero attached hydrogens (tertiary/aromatic N) is 1. The molecule has 0 aliphatic rings. The Morgan fingerprint density at radius 2 is 1.56 bits per heavy atom. The molecule has 1 unspecified atom stereocenters. The van der Waals surface area contributed by atoms with Gasteiger partial charge in [-0.05, 0) is 45.7 Å². The van der Waals surface area contributed by atoms with E-state index in [1.165, 1.54) is 7.05 Å². The molecule has 0 fully saturated rings. The van der Waals surface area contributed by atoms with Gasteiger partial charge in [0.2, 0.25) is 12.3 Å². The summed E-state index contributed by atoms with van der Waals surface area (Å²) < 4.78 is 27.2. The van der Waals surface area contributed by atoms with Gasteiger partial charge in [0, 0.05) is 20.0 Å². The van der Waals surface area contributed by atoms with Gasteiger partial charge in [0.05, 0.1) is 45.2 Å². The number of carbonyl (C=O) groups excluding carboxylic acids is 5. The summed E-state index contributed by atoms with van der Waals surface area (Å²) in [6.45, 7) is 9.43. The molecule has 0 aliphatic heterocycles. The monoisotopic (exact) mass is 581 g/mol. The van der Waals surface area contributed by atoms with Gasteiger partial charge in [-0.3, -0.25) is 19.3 Å². The summed E-state index contributed by atoms with van der Waals surface area (Å²) in [7, 11) is 1.39. The maximum atomic E-state index is 13.3. The van der Waals surface area contributed by atoms with Crippen LogP contribution in [-0.2, 0) is 33.3 Å². The Morgan fingerprint density at radius 3 is 2.12 bits per heavy atom. The maximum absolute atomic E-state index is 13.3. The van der Waals surface area contributed by atoms with Crippen molar-refractivity contribution in [2.24, 2.45) is 0 Å². The Hall–Kier alpha value is -3.55. The molecule has 1 rings (SSSR count). The van der Waals surface area contributed by atoms with Crippen molar-refractivity contribution in [2.45, 2.75) is 52.2 Å². The number of imide groups is 1. The van der Waals surface area contributed by atoms with Crippen LogP contribution in [0.25, 0.3) is 0 Å². The van der Waals surface area contributed by atoms with Crippen molar-refractivity contribution in [2.75, 3.05) is 59.8 Å². The van der Waals surface area contributed by atoms with Crippen LogP contribution in [0.1, 0.15) is 49.5 Å². The van der Waals surface area contributed by atoms with Crippen molar-refractivity contribution in [3.8, 4) is 5.75 Å².